The lowest BCUT2D eigenvalue weighted by Gasteiger charge is -2.13. The van der Waals surface area contributed by atoms with Gasteiger partial charge in [0.15, 0.2) is 0 Å². The summed E-state index contributed by atoms with van der Waals surface area (Å²) in [5.41, 5.74) is 3.97. The highest BCUT2D eigenvalue weighted by Gasteiger charge is 2.15. The van der Waals surface area contributed by atoms with Gasteiger partial charge in [-0.25, -0.2) is 9.97 Å². The van der Waals surface area contributed by atoms with E-state index in [0.29, 0.717) is 28.8 Å². The number of ether oxygens (including phenoxy) is 2. The topological polar surface area (TPSA) is 85.4 Å². The molecule has 0 unspecified atom stereocenters. The maximum absolute atomic E-state index is 12.8. The van der Waals surface area contributed by atoms with Crippen molar-refractivity contribution in [1.82, 2.24) is 9.97 Å². The van der Waals surface area contributed by atoms with Gasteiger partial charge in [-0.2, -0.15) is 0 Å². The third-order valence-corrected chi connectivity index (χ3v) is 4.59. The van der Waals surface area contributed by atoms with Crippen LogP contribution >= 0.6 is 0 Å². The Morgan fingerprint density at radius 1 is 0.931 bits per heavy atom. The summed E-state index contributed by atoms with van der Waals surface area (Å²) in [6.07, 6.45) is 0. The summed E-state index contributed by atoms with van der Waals surface area (Å²) in [6, 6.07) is 12.8. The molecule has 0 saturated heterocycles. The first kappa shape index (κ1) is 20.1. The highest BCUT2D eigenvalue weighted by molar-refractivity contribution is 6.04. The van der Waals surface area contributed by atoms with Crippen molar-refractivity contribution in [2.45, 2.75) is 20.8 Å². The molecule has 2 aromatic carbocycles. The van der Waals surface area contributed by atoms with E-state index in [1.807, 2.05) is 32.0 Å². The number of methoxy groups -OCH3 is 2. The van der Waals surface area contributed by atoms with Crippen LogP contribution in [0, 0.1) is 20.8 Å². The van der Waals surface area contributed by atoms with E-state index in [4.69, 9.17) is 9.47 Å². The Hall–Kier alpha value is -3.61. The van der Waals surface area contributed by atoms with Crippen LogP contribution in [-0.2, 0) is 0 Å². The number of rotatable bonds is 6. The van der Waals surface area contributed by atoms with Gasteiger partial charge in [0.05, 0.1) is 19.9 Å². The predicted octanol–water partition coefficient (Wildman–Crippen LogP) is 4.41. The van der Waals surface area contributed by atoms with Crippen LogP contribution in [0.15, 0.2) is 42.5 Å². The molecule has 0 aliphatic rings. The minimum Gasteiger partial charge on any atom is -0.497 e. The van der Waals surface area contributed by atoms with Crippen LogP contribution in [0.2, 0.25) is 0 Å². The summed E-state index contributed by atoms with van der Waals surface area (Å²) in [6.45, 7) is 5.83. The van der Waals surface area contributed by atoms with Crippen molar-refractivity contribution in [1.29, 1.82) is 0 Å². The van der Waals surface area contributed by atoms with Gasteiger partial charge < -0.3 is 20.1 Å². The molecule has 3 rings (SSSR count). The number of aromatic nitrogens is 2. The van der Waals surface area contributed by atoms with Gasteiger partial charge in [0.25, 0.3) is 5.91 Å². The van der Waals surface area contributed by atoms with Crippen LogP contribution < -0.4 is 20.1 Å². The smallest absolute Gasteiger partial charge is 0.274 e. The summed E-state index contributed by atoms with van der Waals surface area (Å²) in [7, 11) is 3.10. The maximum Gasteiger partial charge on any atom is 0.274 e. The SMILES string of the molecule is COc1ccc(OC)c(NC(=O)c2cc(Nc3cccc(C)c3C)nc(C)n2)c1. The van der Waals surface area contributed by atoms with E-state index in [2.05, 4.69) is 20.6 Å². The van der Waals surface area contributed by atoms with Gasteiger partial charge in [-0.05, 0) is 50.1 Å². The third kappa shape index (κ3) is 4.63. The van der Waals surface area contributed by atoms with Crippen molar-refractivity contribution >= 4 is 23.1 Å². The minimum atomic E-state index is -0.369. The van der Waals surface area contributed by atoms with E-state index in [-0.39, 0.29) is 11.6 Å². The van der Waals surface area contributed by atoms with Crippen molar-refractivity contribution in [3.63, 3.8) is 0 Å². The summed E-state index contributed by atoms with van der Waals surface area (Å²) >= 11 is 0. The second-order valence-electron chi connectivity index (χ2n) is 6.58. The van der Waals surface area contributed by atoms with Crippen molar-refractivity contribution in [2.24, 2.45) is 0 Å². The zero-order chi connectivity index (χ0) is 21.0. The first-order chi connectivity index (χ1) is 13.9. The van der Waals surface area contributed by atoms with Gasteiger partial charge in [0.2, 0.25) is 0 Å². The molecule has 0 bridgehead atoms. The Kier molecular flexibility index (Phi) is 5.97. The van der Waals surface area contributed by atoms with E-state index >= 15 is 0 Å². The summed E-state index contributed by atoms with van der Waals surface area (Å²) in [5.74, 6) is 1.80. The van der Waals surface area contributed by atoms with Crippen LogP contribution in [0.3, 0.4) is 0 Å². The Morgan fingerprint density at radius 2 is 1.72 bits per heavy atom. The van der Waals surface area contributed by atoms with Gasteiger partial charge in [-0.3, -0.25) is 4.79 Å². The molecule has 150 valence electrons. The maximum atomic E-state index is 12.8. The minimum absolute atomic E-state index is 0.246. The van der Waals surface area contributed by atoms with Crippen molar-refractivity contribution in [3.05, 3.63) is 65.1 Å². The Bertz CT molecular complexity index is 1050. The summed E-state index contributed by atoms with van der Waals surface area (Å²) < 4.78 is 10.5. The van der Waals surface area contributed by atoms with Crippen LogP contribution in [-0.4, -0.2) is 30.1 Å². The number of benzene rings is 2. The molecule has 1 aromatic heterocycles. The average Bonchev–Trinajstić information content (AvgIpc) is 2.71. The molecule has 0 aliphatic heterocycles. The van der Waals surface area contributed by atoms with E-state index in [9.17, 15) is 4.79 Å². The van der Waals surface area contributed by atoms with Gasteiger partial charge >= 0.3 is 0 Å². The quantitative estimate of drug-likeness (QED) is 0.646. The Balaban J connectivity index is 1.88. The second-order valence-corrected chi connectivity index (χ2v) is 6.58. The molecular weight excluding hydrogens is 368 g/mol. The second kappa shape index (κ2) is 8.60. The van der Waals surface area contributed by atoms with Gasteiger partial charge in [-0.15, -0.1) is 0 Å². The largest absolute Gasteiger partial charge is 0.497 e. The van der Waals surface area contributed by atoms with Crippen LogP contribution in [0.5, 0.6) is 11.5 Å². The van der Waals surface area contributed by atoms with E-state index in [1.165, 1.54) is 5.56 Å². The van der Waals surface area contributed by atoms with E-state index < -0.39 is 0 Å². The molecule has 3 aromatic rings. The van der Waals surface area contributed by atoms with E-state index in [1.54, 1.807) is 45.4 Å². The zero-order valence-corrected chi connectivity index (χ0v) is 17.2. The number of nitrogens with zero attached hydrogens (tertiary/aromatic N) is 2. The molecule has 0 atom stereocenters. The molecule has 2 N–H and O–H groups in total. The molecule has 7 heteroatoms. The first-order valence-electron chi connectivity index (χ1n) is 9.13. The molecule has 7 nitrogen and oxygen atoms in total. The fourth-order valence-electron chi connectivity index (χ4n) is 2.87. The molecule has 0 radical (unpaired) electrons. The first-order valence-corrected chi connectivity index (χ1v) is 9.13. The van der Waals surface area contributed by atoms with Gasteiger partial charge in [-0.1, -0.05) is 12.1 Å². The van der Waals surface area contributed by atoms with Gasteiger partial charge in [0.1, 0.15) is 28.8 Å². The lowest BCUT2D eigenvalue weighted by molar-refractivity contribution is 0.102. The fourth-order valence-corrected chi connectivity index (χ4v) is 2.87. The lowest BCUT2D eigenvalue weighted by atomic mass is 10.1. The number of nitrogens with one attached hydrogen (secondary N) is 2. The van der Waals surface area contributed by atoms with Gasteiger partial charge in [0, 0.05) is 17.8 Å². The summed E-state index contributed by atoms with van der Waals surface area (Å²) in [5, 5.41) is 6.11. The third-order valence-electron chi connectivity index (χ3n) is 4.59. The van der Waals surface area contributed by atoms with Crippen LogP contribution in [0.1, 0.15) is 27.4 Å². The number of anilines is 3. The highest BCUT2D eigenvalue weighted by atomic mass is 16.5. The standard InChI is InChI=1S/C22H24N4O3/c1-13-7-6-8-17(14(13)2)25-21-12-19(23-15(3)24-21)22(27)26-18-11-16(28-4)9-10-20(18)29-5/h6-12H,1-5H3,(H,26,27)(H,23,24,25). The molecule has 0 saturated carbocycles. The lowest BCUT2D eigenvalue weighted by Crippen LogP contribution is -2.16. The molecule has 0 aliphatic carbocycles. The Morgan fingerprint density at radius 3 is 2.45 bits per heavy atom. The van der Waals surface area contributed by atoms with Crippen LogP contribution in [0.4, 0.5) is 17.2 Å². The monoisotopic (exact) mass is 392 g/mol. The van der Waals surface area contributed by atoms with E-state index in [0.717, 1.165) is 11.3 Å². The average molecular weight is 392 g/mol. The van der Waals surface area contributed by atoms with Crippen LogP contribution in [0.25, 0.3) is 0 Å². The number of carbonyl (C=O) groups is 1. The number of carbonyl (C=O) groups excluding carboxylic acids is 1. The zero-order valence-electron chi connectivity index (χ0n) is 17.2. The number of hydrogen-bond donors (Lipinski definition) is 2. The predicted molar refractivity (Wildman–Crippen MR) is 113 cm³/mol. The molecule has 0 spiro atoms. The van der Waals surface area contributed by atoms with Crippen molar-refractivity contribution in [3.8, 4) is 11.5 Å². The molecule has 1 heterocycles. The molecular formula is C22H24N4O3. The summed E-state index contributed by atoms with van der Waals surface area (Å²) in [4.78, 5) is 21.5. The highest BCUT2D eigenvalue weighted by Crippen LogP contribution is 2.29. The fraction of sp³-hybridized carbons (Fsp3) is 0.227. The molecule has 0 fully saturated rings. The number of hydrogen-bond acceptors (Lipinski definition) is 6. The molecule has 1 amide bonds. The molecule has 29 heavy (non-hydrogen) atoms. The van der Waals surface area contributed by atoms with Crippen molar-refractivity contribution in [2.75, 3.05) is 24.9 Å². The number of amides is 1. The number of aryl methyl sites for hydroxylation is 2. The van der Waals surface area contributed by atoms with Crippen molar-refractivity contribution < 1.29 is 14.3 Å². The Labute approximate surface area is 170 Å². The normalized spacial score (nSPS) is 10.4.